The molecule has 1 N–H and O–H groups in total. The fourth-order valence-corrected chi connectivity index (χ4v) is 3.01. The van der Waals surface area contributed by atoms with Crippen molar-refractivity contribution in [1.29, 1.82) is 0 Å². The van der Waals surface area contributed by atoms with Crippen molar-refractivity contribution in [3.63, 3.8) is 0 Å². The van der Waals surface area contributed by atoms with E-state index in [2.05, 4.69) is 19.2 Å². The third-order valence-electron chi connectivity index (χ3n) is 4.01. The van der Waals surface area contributed by atoms with Crippen LogP contribution in [0.5, 0.6) is 0 Å². The lowest BCUT2D eigenvalue weighted by Gasteiger charge is -2.39. The standard InChI is InChI=1S/C14H19ClN2O2/c1-14(2)9-4-3-8-12(14)16-11-7-5-6-10(15)13(11)17(18)19/h5-7,12,16H,3-4,8-9H2,1-2H3. The number of hydrogen-bond donors (Lipinski definition) is 1. The second-order valence-corrected chi connectivity index (χ2v) is 6.23. The summed E-state index contributed by atoms with van der Waals surface area (Å²) in [6, 6.07) is 5.28. The molecule has 1 atom stereocenters. The molecule has 0 amide bonds. The SMILES string of the molecule is CC1(C)CCCCC1Nc1cccc(Cl)c1[N+](=O)[O-]. The van der Waals surface area contributed by atoms with Crippen LogP contribution in [-0.2, 0) is 0 Å². The Hall–Kier alpha value is -1.29. The van der Waals surface area contributed by atoms with Crippen molar-refractivity contribution in [2.45, 2.75) is 45.6 Å². The molecule has 0 spiro atoms. The van der Waals surface area contributed by atoms with Gasteiger partial charge in [0.15, 0.2) is 0 Å². The van der Waals surface area contributed by atoms with Gasteiger partial charge in [-0.1, -0.05) is 44.4 Å². The fourth-order valence-electron chi connectivity index (χ4n) is 2.77. The molecule has 0 radical (unpaired) electrons. The zero-order valence-electron chi connectivity index (χ0n) is 11.3. The summed E-state index contributed by atoms with van der Waals surface area (Å²) in [4.78, 5) is 10.7. The number of nitro groups is 1. The Kier molecular flexibility index (Phi) is 3.99. The lowest BCUT2D eigenvalue weighted by atomic mass is 9.73. The minimum absolute atomic E-state index is 0.0226. The minimum Gasteiger partial charge on any atom is -0.376 e. The van der Waals surface area contributed by atoms with Crippen LogP contribution in [0.2, 0.25) is 5.02 Å². The number of halogens is 1. The van der Waals surface area contributed by atoms with E-state index in [1.54, 1.807) is 18.2 Å². The Morgan fingerprint density at radius 3 is 2.79 bits per heavy atom. The van der Waals surface area contributed by atoms with Crippen molar-refractivity contribution in [1.82, 2.24) is 0 Å². The van der Waals surface area contributed by atoms with Gasteiger partial charge in [0.25, 0.3) is 0 Å². The summed E-state index contributed by atoms with van der Waals surface area (Å²) in [6.07, 6.45) is 4.56. The third-order valence-corrected chi connectivity index (χ3v) is 4.31. The lowest BCUT2D eigenvalue weighted by molar-refractivity contribution is -0.383. The van der Waals surface area contributed by atoms with Crippen LogP contribution in [0.4, 0.5) is 11.4 Å². The monoisotopic (exact) mass is 282 g/mol. The van der Waals surface area contributed by atoms with E-state index in [0.717, 1.165) is 19.3 Å². The van der Waals surface area contributed by atoms with Gasteiger partial charge in [-0.25, -0.2) is 0 Å². The first kappa shape index (κ1) is 14.1. The Morgan fingerprint density at radius 1 is 1.42 bits per heavy atom. The van der Waals surface area contributed by atoms with E-state index in [4.69, 9.17) is 11.6 Å². The Labute approximate surface area is 118 Å². The van der Waals surface area contributed by atoms with Crippen molar-refractivity contribution < 1.29 is 4.92 Å². The van der Waals surface area contributed by atoms with Gasteiger partial charge in [-0.3, -0.25) is 10.1 Å². The maximum atomic E-state index is 11.1. The molecule has 4 nitrogen and oxygen atoms in total. The molecule has 1 saturated carbocycles. The highest BCUT2D eigenvalue weighted by atomic mass is 35.5. The maximum Gasteiger partial charge on any atom is 0.310 e. The van der Waals surface area contributed by atoms with Crippen LogP contribution < -0.4 is 5.32 Å². The van der Waals surface area contributed by atoms with Crippen LogP contribution >= 0.6 is 11.6 Å². The number of nitrogens with zero attached hydrogens (tertiary/aromatic N) is 1. The summed E-state index contributed by atoms with van der Waals surface area (Å²) < 4.78 is 0. The number of benzene rings is 1. The van der Waals surface area contributed by atoms with E-state index in [1.165, 1.54) is 6.42 Å². The molecule has 0 saturated heterocycles. The second-order valence-electron chi connectivity index (χ2n) is 5.82. The molecule has 19 heavy (non-hydrogen) atoms. The van der Waals surface area contributed by atoms with E-state index in [1.807, 2.05) is 0 Å². The van der Waals surface area contributed by atoms with Gasteiger partial charge in [0, 0.05) is 6.04 Å². The van der Waals surface area contributed by atoms with Gasteiger partial charge in [-0.05, 0) is 30.4 Å². The summed E-state index contributed by atoms with van der Waals surface area (Å²) in [5.41, 5.74) is 0.650. The summed E-state index contributed by atoms with van der Waals surface area (Å²) in [6.45, 7) is 4.42. The average Bonchev–Trinajstić information content (AvgIpc) is 2.31. The molecule has 5 heteroatoms. The van der Waals surface area contributed by atoms with Crippen molar-refractivity contribution in [3.05, 3.63) is 33.3 Å². The minimum atomic E-state index is -0.416. The largest absolute Gasteiger partial charge is 0.376 e. The molecule has 1 fully saturated rings. The van der Waals surface area contributed by atoms with E-state index >= 15 is 0 Å². The molecule has 0 aliphatic heterocycles. The maximum absolute atomic E-state index is 11.1. The zero-order valence-corrected chi connectivity index (χ0v) is 12.0. The summed E-state index contributed by atoms with van der Waals surface area (Å²) in [5, 5.41) is 14.6. The van der Waals surface area contributed by atoms with Crippen molar-refractivity contribution in [2.75, 3.05) is 5.32 Å². The van der Waals surface area contributed by atoms with E-state index in [0.29, 0.717) is 5.69 Å². The molecular weight excluding hydrogens is 264 g/mol. The lowest BCUT2D eigenvalue weighted by Crippen LogP contribution is -2.39. The highest BCUT2D eigenvalue weighted by molar-refractivity contribution is 6.33. The summed E-state index contributed by atoms with van der Waals surface area (Å²) >= 11 is 5.93. The number of nitro benzene ring substituents is 1. The zero-order chi connectivity index (χ0) is 14.0. The molecule has 1 aliphatic rings. The summed E-state index contributed by atoms with van der Waals surface area (Å²) in [5.74, 6) is 0. The Bertz CT molecular complexity index is 488. The molecular formula is C14H19ClN2O2. The molecule has 0 aromatic heterocycles. The first-order valence-electron chi connectivity index (χ1n) is 6.61. The smallest absolute Gasteiger partial charge is 0.310 e. The molecule has 1 unspecified atom stereocenters. The molecule has 0 heterocycles. The van der Waals surface area contributed by atoms with Gasteiger partial charge in [-0.2, -0.15) is 0 Å². The van der Waals surface area contributed by atoms with Gasteiger partial charge in [0.2, 0.25) is 0 Å². The third kappa shape index (κ3) is 3.00. The first-order valence-corrected chi connectivity index (χ1v) is 6.99. The van der Waals surface area contributed by atoms with Crippen LogP contribution in [0.15, 0.2) is 18.2 Å². The van der Waals surface area contributed by atoms with Gasteiger partial charge in [0.1, 0.15) is 10.7 Å². The predicted molar refractivity (Wildman–Crippen MR) is 77.8 cm³/mol. The second kappa shape index (κ2) is 5.37. The van der Waals surface area contributed by atoms with Crippen molar-refractivity contribution >= 4 is 23.0 Å². The van der Waals surface area contributed by atoms with Gasteiger partial charge in [-0.15, -0.1) is 0 Å². The number of nitrogens with one attached hydrogen (secondary N) is 1. The molecule has 1 aromatic carbocycles. The van der Waals surface area contributed by atoms with Gasteiger partial charge in [0.05, 0.1) is 4.92 Å². The number of hydrogen-bond acceptors (Lipinski definition) is 3. The van der Waals surface area contributed by atoms with Gasteiger partial charge < -0.3 is 5.32 Å². The predicted octanol–water partition coefficient (Wildman–Crippen LogP) is 4.63. The van der Waals surface area contributed by atoms with Crippen LogP contribution in [0, 0.1) is 15.5 Å². The highest BCUT2D eigenvalue weighted by Crippen LogP contribution is 2.40. The summed E-state index contributed by atoms with van der Waals surface area (Å²) in [7, 11) is 0. The Morgan fingerprint density at radius 2 is 2.16 bits per heavy atom. The van der Waals surface area contributed by atoms with E-state index in [9.17, 15) is 10.1 Å². The Balaban J connectivity index is 2.28. The van der Waals surface area contributed by atoms with Crippen molar-refractivity contribution in [2.24, 2.45) is 5.41 Å². The van der Waals surface area contributed by atoms with Crippen LogP contribution in [0.1, 0.15) is 39.5 Å². The molecule has 104 valence electrons. The fraction of sp³-hybridized carbons (Fsp3) is 0.571. The van der Waals surface area contributed by atoms with Crippen LogP contribution in [0.25, 0.3) is 0 Å². The number of anilines is 1. The number of para-hydroxylation sites is 1. The van der Waals surface area contributed by atoms with E-state index < -0.39 is 4.92 Å². The van der Waals surface area contributed by atoms with Gasteiger partial charge >= 0.3 is 5.69 Å². The number of rotatable bonds is 3. The molecule has 1 aromatic rings. The normalized spacial score (nSPS) is 21.9. The topological polar surface area (TPSA) is 55.2 Å². The van der Waals surface area contributed by atoms with Crippen LogP contribution in [-0.4, -0.2) is 11.0 Å². The van der Waals surface area contributed by atoms with Crippen LogP contribution in [0.3, 0.4) is 0 Å². The first-order chi connectivity index (χ1) is 8.92. The van der Waals surface area contributed by atoms with E-state index in [-0.39, 0.29) is 22.2 Å². The quantitative estimate of drug-likeness (QED) is 0.649. The molecule has 1 aliphatic carbocycles. The average molecular weight is 283 g/mol. The highest BCUT2D eigenvalue weighted by Gasteiger charge is 2.33. The van der Waals surface area contributed by atoms with Crippen molar-refractivity contribution in [3.8, 4) is 0 Å². The molecule has 2 rings (SSSR count). The molecule has 0 bridgehead atoms.